The fourth-order valence-electron chi connectivity index (χ4n) is 3.95. The Morgan fingerprint density at radius 2 is 1.88 bits per heavy atom. The minimum Gasteiger partial charge on any atom is -0.353 e. The maximum Gasteiger partial charge on any atom is 0.252 e. The number of carbonyl (C=O) groups is 1. The van der Waals surface area contributed by atoms with E-state index in [-0.39, 0.29) is 17.7 Å². The highest BCUT2D eigenvalue weighted by Gasteiger charge is 2.34. The van der Waals surface area contributed by atoms with Crippen molar-refractivity contribution in [2.24, 2.45) is 11.8 Å². The summed E-state index contributed by atoms with van der Waals surface area (Å²) in [5, 5.41) is 5.00. The van der Waals surface area contributed by atoms with Gasteiger partial charge in [0.05, 0.1) is 0 Å². The molecule has 7 heteroatoms. The quantitative estimate of drug-likeness (QED) is 0.847. The molecular formula is C18H28N2O3S2. The molecule has 1 saturated heterocycles. The first-order valence-corrected chi connectivity index (χ1v) is 11.6. The van der Waals surface area contributed by atoms with Crippen molar-refractivity contribution in [3.63, 3.8) is 0 Å². The number of thiophene rings is 1. The maximum absolute atomic E-state index is 12.6. The van der Waals surface area contributed by atoms with Crippen molar-refractivity contribution in [2.45, 2.75) is 62.1 Å². The number of piperidine rings is 1. The van der Waals surface area contributed by atoms with Crippen LogP contribution in [0.1, 0.15) is 51.9 Å². The SMILES string of the molecule is C[C@@H](C(=O)NC1CCCCC1)C1CCN(S(=O)(=O)c2cccs2)CC1. The topological polar surface area (TPSA) is 66.5 Å². The van der Waals surface area contributed by atoms with Gasteiger partial charge in [-0.25, -0.2) is 8.42 Å². The number of sulfonamides is 1. The number of hydrogen-bond acceptors (Lipinski definition) is 4. The lowest BCUT2D eigenvalue weighted by molar-refractivity contribution is -0.127. The van der Waals surface area contributed by atoms with Crippen LogP contribution >= 0.6 is 11.3 Å². The van der Waals surface area contributed by atoms with E-state index >= 15 is 0 Å². The minimum atomic E-state index is -3.36. The molecular weight excluding hydrogens is 356 g/mol. The van der Waals surface area contributed by atoms with Gasteiger partial charge in [0.1, 0.15) is 4.21 Å². The van der Waals surface area contributed by atoms with Crippen molar-refractivity contribution >= 4 is 27.3 Å². The normalized spacial score (nSPS) is 22.6. The van der Waals surface area contributed by atoms with E-state index in [0.717, 1.165) is 25.7 Å². The number of nitrogens with one attached hydrogen (secondary N) is 1. The van der Waals surface area contributed by atoms with Gasteiger partial charge in [0.2, 0.25) is 5.91 Å². The van der Waals surface area contributed by atoms with Crippen LogP contribution in [-0.4, -0.2) is 37.8 Å². The van der Waals surface area contributed by atoms with Gasteiger partial charge in [0.15, 0.2) is 0 Å². The molecule has 140 valence electrons. The van der Waals surface area contributed by atoms with Gasteiger partial charge in [-0.2, -0.15) is 4.31 Å². The predicted molar refractivity (Wildman–Crippen MR) is 100.0 cm³/mol. The number of rotatable bonds is 5. The zero-order chi connectivity index (χ0) is 17.9. The van der Waals surface area contributed by atoms with Crippen LogP contribution in [0, 0.1) is 11.8 Å². The summed E-state index contributed by atoms with van der Waals surface area (Å²) in [6.45, 7) is 3.00. The Balaban J connectivity index is 1.52. The molecule has 3 rings (SSSR count). The highest BCUT2D eigenvalue weighted by atomic mass is 32.2. The molecule has 0 radical (unpaired) electrons. The predicted octanol–water partition coefficient (Wildman–Crippen LogP) is 3.23. The van der Waals surface area contributed by atoms with Gasteiger partial charge in [0.25, 0.3) is 10.0 Å². The van der Waals surface area contributed by atoms with E-state index in [2.05, 4.69) is 5.32 Å². The molecule has 1 aromatic heterocycles. The highest BCUT2D eigenvalue weighted by molar-refractivity contribution is 7.91. The fourth-order valence-corrected chi connectivity index (χ4v) is 6.56. The number of hydrogen-bond donors (Lipinski definition) is 1. The molecule has 1 saturated carbocycles. The van der Waals surface area contributed by atoms with Crippen LogP contribution in [0.2, 0.25) is 0 Å². The molecule has 0 unspecified atom stereocenters. The lowest BCUT2D eigenvalue weighted by Crippen LogP contribution is -2.45. The zero-order valence-corrected chi connectivity index (χ0v) is 16.4. The number of amides is 1. The van der Waals surface area contributed by atoms with Crippen molar-refractivity contribution in [2.75, 3.05) is 13.1 Å². The summed E-state index contributed by atoms with van der Waals surface area (Å²) in [4.78, 5) is 12.5. The molecule has 1 aromatic rings. The van der Waals surface area contributed by atoms with E-state index in [4.69, 9.17) is 0 Å². The lowest BCUT2D eigenvalue weighted by Gasteiger charge is -2.34. The Hall–Kier alpha value is -0.920. The van der Waals surface area contributed by atoms with Crippen LogP contribution in [0.25, 0.3) is 0 Å². The van der Waals surface area contributed by atoms with Crippen LogP contribution in [0.4, 0.5) is 0 Å². The first-order valence-electron chi connectivity index (χ1n) is 9.32. The minimum absolute atomic E-state index is 0.0477. The van der Waals surface area contributed by atoms with Crippen molar-refractivity contribution in [3.8, 4) is 0 Å². The molecule has 1 amide bonds. The number of carbonyl (C=O) groups excluding carboxylic acids is 1. The lowest BCUT2D eigenvalue weighted by atomic mass is 9.85. The Labute approximate surface area is 154 Å². The second kappa shape index (κ2) is 8.18. The van der Waals surface area contributed by atoms with E-state index in [0.29, 0.717) is 23.3 Å². The summed E-state index contributed by atoms with van der Waals surface area (Å²) < 4.78 is 27.1. The monoisotopic (exact) mass is 384 g/mol. The highest BCUT2D eigenvalue weighted by Crippen LogP contribution is 2.30. The molecule has 1 aliphatic heterocycles. The third-order valence-corrected chi connectivity index (χ3v) is 8.93. The van der Waals surface area contributed by atoms with Gasteiger partial charge < -0.3 is 5.32 Å². The second-order valence-electron chi connectivity index (χ2n) is 7.31. The van der Waals surface area contributed by atoms with Gasteiger partial charge in [-0.3, -0.25) is 4.79 Å². The first kappa shape index (κ1) is 18.9. The van der Waals surface area contributed by atoms with Crippen LogP contribution in [-0.2, 0) is 14.8 Å². The van der Waals surface area contributed by atoms with Crippen LogP contribution in [0.3, 0.4) is 0 Å². The summed E-state index contributed by atoms with van der Waals surface area (Å²) in [5.41, 5.74) is 0. The van der Waals surface area contributed by atoms with Gasteiger partial charge in [-0.15, -0.1) is 11.3 Å². The van der Waals surface area contributed by atoms with Gasteiger partial charge in [-0.1, -0.05) is 32.3 Å². The summed E-state index contributed by atoms with van der Waals surface area (Å²) in [7, 11) is -3.36. The summed E-state index contributed by atoms with van der Waals surface area (Å²) >= 11 is 1.26. The summed E-state index contributed by atoms with van der Waals surface area (Å²) in [5.74, 6) is 0.360. The fraction of sp³-hybridized carbons (Fsp3) is 0.722. The second-order valence-corrected chi connectivity index (χ2v) is 10.4. The molecule has 2 heterocycles. The van der Waals surface area contributed by atoms with Gasteiger partial charge in [0, 0.05) is 25.0 Å². The molecule has 2 fully saturated rings. The third-order valence-electron chi connectivity index (χ3n) is 5.66. The van der Waals surface area contributed by atoms with Gasteiger partial charge >= 0.3 is 0 Å². The maximum atomic E-state index is 12.6. The molecule has 1 atom stereocenters. The number of nitrogens with zero attached hydrogens (tertiary/aromatic N) is 1. The van der Waals surface area contributed by atoms with Gasteiger partial charge in [-0.05, 0) is 43.0 Å². The average Bonchev–Trinajstić information content (AvgIpc) is 3.17. The molecule has 1 N–H and O–H groups in total. The zero-order valence-electron chi connectivity index (χ0n) is 14.8. The molecule has 0 bridgehead atoms. The molecule has 2 aliphatic rings. The molecule has 25 heavy (non-hydrogen) atoms. The molecule has 1 aliphatic carbocycles. The van der Waals surface area contributed by atoms with Crippen LogP contribution < -0.4 is 5.32 Å². The van der Waals surface area contributed by atoms with E-state index in [1.54, 1.807) is 21.8 Å². The smallest absolute Gasteiger partial charge is 0.252 e. The van der Waals surface area contributed by atoms with E-state index < -0.39 is 10.0 Å². The Morgan fingerprint density at radius 1 is 1.20 bits per heavy atom. The largest absolute Gasteiger partial charge is 0.353 e. The summed E-state index contributed by atoms with van der Waals surface area (Å²) in [6.07, 6.45) is 7.38. The van der Waals surface area contributed by atoms with Crippen LogP contribution in [0.5, 0.6) is 0 Å². The van der Waals surface area contributed by atoms with Crippen molar-refractivity contribution in [1.29, 1.82) is 0 Å². The van der Waals surface area contributed by atoms with E-state index in [9.17, 15) is 13.2 Å². The van der Waals surface area contributed by atoms with Crippen molar-refractivity contribution in [3.05, 3.63) is 17.5 Å². The standard InChI is InChI=1S/C18H28N2O3S2/c1-14(18(21)19-16-6-3-2-4-7-16)15-9-11-20(12-10-15)25(22,23)17-8-5-13-24-17/h5,8,13-16H,2-4,6-7,9-12H2,1H3,(H,19,21)/t14-/m1/s1. The van der Waals surface area contributed by atoms with E-state index in [1.165, 1.54) is 30.6 Å². The Bertz CT molecular complexity index is 659. The summed E-state index contributed by atoms with van der Waals surface area (Å²) in [6, 6.07) is 3.76. The van der Waals surface area contributed by atoms with Crippen molar-refractivity contribution in [1.82, 2.24) is 9.62 Å². The van der Waals surface area contributed by atoms with Crippen molar-refractivity contribution < 1.29 is 13.2 Å². The average molecular weight is 385 g/mol. The molecule has 5 nitrogen and oxygen atoms in total. The Morgan fingerprint density at radius 3 is 2.48 bits per heavy atom. The molecule has 0 aromatic carbocycles. The molecule has 0 spiro atoms. The third kappa shape index (κ3) is 4.44. The van der Waals surface area contributed by atoms with E-state index in [1.807, 2.05) is 6.92 Å². The first-order chi connectivity index (χ1) is 12.0. The van der Waals surface area contributed by atoms with Crippen LogP contribution in [0.15, 0.2) is 21.7 Å². The Kier molecular flexibility index (Phi) is 6.17.